The summed E-state index contributed by atoms with van der Waals surface area (Å²) in [5.74, 6) is 1.40. The average Bonchev–Trinajstić information content (AvgIpc) is 3.05. The minimum Gasteiger partial charge on any atom is -0.494 e. The number of halogens is 1. The molecule has 1 aromatic carbocycles. The number of rotatable bonds is 13. The molecule has 1 aliphatic rings. The first kappa shape index (κ1) is 27.3. The van der Waals surface area contributed by atoms with Crippen LogP contribution < -0.4 is 4.74 Å². The van der Waals surface area contributed by atoms with Gasteiger partial charge in [0.05, 0.1) is 18.8 Å². The van der Waals surface area contributed by atoms with Crippen molar-refractivity contribution in [2.24, 2.45) is 4.99 Å². The first-order valence-corrected chi connectivity index (χ1v) is 13.4. The molecule has 7 nitrogen and oxygen atoms in total. The highest BCUT2D eigenvalue weighted by molar-refractivity contribution is 14.1. The average molecular weight is 579 g/mol. The quantitative estimate of drug-likeness (QED) is 0.169. The summed E-state index contributed by atoms with van der Waals surface area (Å²) in [5, 5.41) is 0. The lowest BCUT2D eigenvalue weighted by Crippen LogP contribution is -2.35. The van der Waals surface area contributed by atoms with Crippen molar-refractivity contribution < 1.29 is 28.0 Å². The lowest BCUT2D eigenvalue weighted by molar-refractivity contribution is 0.0478. The summed E-state index contributed by atoms with van der Waals surface area (Å²) in [4.78, 5) is 14.6. The molecule has 1 heterocycles. The maximum Gasteiger partial charge on any atom is 0.472 e. The Hall–Kier alpha value is -0.930. The fraction of sp³-hybridized carbons (Fsp3) is 0.609. The number of phosphoric acid groups is 1. The Morgan fingerprint density at radius 2 is 2.00 bits per heavy atom. The third kappa shape index (κ3) is 10.3. The predicted octanol–water partition coefficient (Wildman–Crippen LogP) is 6.24. The first-order valence-electron chi connectivity index (χ1n) is 10.8. The van der Waals surface area contributed by atoms with Gasteiger partial charge < -0.3 is 14.4 Å². The van der Waals surface area contributed by atoms with Crippen LogP contribution in [0.3, 0.4) is 0 Å². The van der Waals surface area contributed by atoms with Gasteiger partial charge in [0.2, 0.25) is 0 Å². The van der Waals surface area contributed by atoms with Gasteiger partial charge in [-0.15, -0.1) is 0 Å². The molecule has 2 unspecified atom stereocenters. The number of nitrogens with zero attached hydrogens (tertiary/aromatic N) is 1. The zero-order valence-electron chi connectivity index (χ0n) is 19.4. The Morgan fingerprint density at radius 3 is 2.56 bits per heavy atom. The first-order chi connectivity index (χ1) is 14.9. The molecule has 0 bridgehead atoms. The Kier molecular flexibility index (Phi) is 10.2. The Balaban J connectivity index is 1.88. The molecule has 0 radical (unpaired) electrons. The standard InChI is InChI=1S/C23H35INO6P/c1-18(24)8-6-7-15-28-21-11-9-20(10-12-21)13-14-23(16-29-19(2)25-23)17-30-32(26,27)31-22(3,4)5/h9-12H,1,6-8,13-17H2,2-5H3,(H,26,27). The summed E-state index contributed by atoms with van der Waals surface area (Å²) in [6.45, 7) is 11.7. The minimum atomic E-state index is -4.20. The number of aliphatic imine (C=N–C) groups is 1. The lowest BCUT2D eigenvalue weighted by Gasteiger charge is -2.27. The van der Waals surface area contributed by atoms with Crippen molar-refractivity contribution >= 4 is 36.3 Å². The third-order valence-electron chi connectivity index (χ3n) is 4.74. The summed E-state index contributed by atoms with van der Waals surface area (Å²) in [6.07, 6.45) is 4.43. The monoisotopic (exact) mass is 579 g/mol. The van der Waals surface area contributed by atoms with Gasteiger partial charge in [-0.2, -0.15) is 0 Å². The Bertz CT molecular complexity index is 836. The van der Waals surface area contributed by atoms with E-state index >= 15 is 0 Å². The second kappa shape index (κ2) is 12.0. The Morgan fingerprint density at radius 1 is 1.31 bits per heavy atom. The van der Waals surface area contributed by atoms with Gasteiger partial charge in [0.25, 0.3) is 0 Å². The molecule has 0 spiro atoms. The normalized spacial score (nSPS) is 20.4. The van der Waals surface area contributed by atoms with Crippen molar-refractivity contribution in [3.05, 3.63) is 40.0 Å². The molecule has 9 heteroatoms. The van der Waals surface area contributed by atoms with E-state index in [2.05, 4.69) is 34.2 Å². The van der Waals surface area contributed by atoms with Crippen molar-refractivity contribution in [2.75, 3.05) is 19.8 Å². The van der Waals surface area contributed by atoms with E-state index in [1.54, 1.807) is 27.7 Å². The SMILES string of the molecule is C=C(I)CCCCOc1ccc(CCC2(COP(=O)(O)OC(C)(C)C)COC(C)=N2)cc1. The zero-order chi connectivity index (χ0) is 23.8. The topological polar surface area (TPSA) is 86.6 Å². The molecule has 1 aromatic rings. The predicted molar refractivity (Wildman–Crippen MR) is 136 cm³/mol. The minimum absolute atomic E-state index is 0.0565. The molecule has 1 aliphatic heterocycles. The summed E-state index contributed by atoms with van der Waals surface area (Å²) in [6, 6.07) is 7.99. The van der Waals surface area contributed by atoms with E-state index in [0.717, 1.165) is 37.0 Å². The third-order valence-corrected chi connectivity index (χ3v) is 6.52. The number of aryl methyl sites for hydroxylation is 1. The number of ether oxygens (including phenoxy) is 2. The van der Waals surface area contributed by atoms with Crippen molar-refractivity contribution in [1.82, 2.24) is 0 Å². The maximum absolute atomic E-state index is 12.3. The second-order valence-electron chi connectivity index (χ2n) is 9.06. The number of hydrogen-bond donors (Lipinski definition) is 1. The summed E-state index contributed by atoms with van der Waals surface area (Å²) in [7, 11) is -4.20. The second-order valence-corrected chi connectivity index (χ2v) is 12.0. The molecular weight excluding hydrogens is 544 g/mol. The number of hydrogen-bond acceptors (Lipinski definition) is 6. The molecule has 180 valence electrons. The lowest BCUT2D eigenvalue weighted by atomic mass is 9.94. The molecule has 0 aliphatic carbocycles. The van der Waals surface area contributed by atoms with Crippen LogP contribution in [0.25, 0.3) is 0 Å². The highest BCUT2D eigenvalue weighted by Crippen LogP contribution is 2.48. The van der Waals surface area contributed by atoms with Crippen molar-refractivity contribution in [2.45, 2.75) is 70.9 Å². The van der Waals surface area contributed by atoms with Crippen LogP contribution in [0.4, 0.5) is 0 Å². The fourth-order valence-electron chi connectivity index (χ4n) is 3.22. The summed E-state index contributed by atoms with van der Waals surface area (Å²) >= 11 is 2.26. The van der Waals surface area contributed by atoms with Gasteiger partial charge in [0.1, 0.15) is 17.9 Å². The van der Waals surface area contributed by atoms with Gasteiger partial charge in [0, 0.05) is 6.92 Å². The molecule has 2 atom stereocenters. The van der Waals surface area contributed by atoms with Crippen LogP contribution in [0.5, 0.6) is 5.75 Å². The number of allylic oxidation sites excluding steroid dienone is 1. The molecule has 0 saturated carbocycles. The molecule has 0 fully saturated rings. The van der Waals surface area contributed by atoms with E-state index < -0.39 is 19.0 Å². The van der Waals surface area contributed by atoms with E-state index in [1.807, 2.05) is 24.3 Å². The van der Waals surface area contributed by atoms with Gasteiger partial charge in [-0.1, -0.05) is 18.7 Å². The maximum atomic E-state index is 12.3. The van der Waals surface area contributed by atoms with Crippen LogP contribution in [-0.2, 0) is 24.8 Å². The summed E-state index contributed by atoms with van der Waals surface area (Å²) in [5.41, 5.74) is -0.394. The van der Waals surface area contributed by atoms with E-state index in [-0.39, 0.29) is 6.61 Å². The van der Waals surface area contributed by atoms with Crippen LogP contribution in [0, 0.1) is 0 Å². The van der Waals surface area contributed by atoms with Gasteiger partial charge >= 0.3 is 7.82 Å². The van der Waals surface area contributed by atoms with Crippen molar-refractivity contribution in [1.29, 1.82) is 0 Å². The van der Waals surface area contributed by atoms with Gasteiger partial charge in [0.15, 0.2) is 5.90 Å². The van der Waals surface area contributed by atoms with E-state index in [9.17, 15) is 9.46 Å². The van der Waals surface area contributed by atoms with Gasteiger partial charge in [-0.25, -0.2) is 9.56 Å². The van der Waals surface area contributed by atoms with Gasteiger partial charge in [-0.3, -0.25) is 9.05 Å². The molecule has 32 heavy (non-hydrogen) atoms. The van der Waals surface area contributed by atoms with Crippen molar-refractivity contribution in [3.63, 3.8) is 0 Å². The molecule has 0 aromatic heterocycles. The van der Waals surface area contributed by atoms with Crippen LogP contribution in [-0.4, -0.2) is 41.8 Å². The summed E-state index contributed by atoms with van der Waals surface area (Å²) < 4.78 is 35.3. The van der Waals surface area contributed by atoms with Crippen LogP contribution in [0.2, 0.25) is 0 Å². The number of unbranched alkanes of at least 4 members (excludes halogenated alkanes) is 1. The smallest absolute Gasteiger partial charge is 0.472 e. The molecule has 0 saturated heterocycles. The van der Waals surface area contributed by atoms with E-state index in [4.69, 9.17) is 18.5 Å². The largest absolute Gasteiger partial charge is 0.494 e. The number of benzene rings is 1. The zero-order valence-corrected chi connectivity index (χ0v) is 22.5. The highest BCUT2D eigenvalue weighted by Gasteiger charge is 2.39. The number of phosphoric ester groups is 1. The van der Waals surface area contributed by atoms with E-state index in [1.165, 1.54) is 3.58 Å². The highest BCUT2D eigenvalue weighted by atomic mass is 127. The van der Waals surface area contributed by atoms with Crippen LogP contribution >= 0.6 is 30.4 Å². The molecule has 2 rings (SSSR count). The van der Waals surface area contributed by atoms with Crippen molar-refractivity contribution in [3.8, 4) is 5.75 Å². The Labute approximate surface area is 205 Å². The van der Waals surface area contributed by atoms with Gasteiger partial charge in [-0.05, 0) is 96.7 Å². The van der Waals surface area contributed by atoms with Crippen LogP contribution in [0.15, 0.2) is 39.4 Å². The molecule has 0 amide bonds. The van der Waals surface area contributed by atoms with Crippen LogP contribution in [0.1, 0.15) is 58.9 Å². The van der Waals surface area contributed by atoms with E-state index in [0.29, 0.717) is 25.5 Å². The fourth-order valence-corrected chi connectivity index (χ4v) is 4.75. The molecule has 1 N–H and O–H groups in total. The molecular formula is C23H35INO6P.